The molecule has 12 heteroatoms. The van der Waals surface area contributed by atoms with Crippen molar-refractivity contribution in [3.63, 3.8) is 0 Å². The summed E-state index contributed by atoms with van der Waals surface area (Å²) in [5, 5.41) is 10.2. The second kappa shape index (κ2) is 11.5. The summed E-state index contributed by atoms with van der Waals surface area (Å²) in [5.41, 5.74) is 8.78. The third kappa shape index (κ3) is 5.62. The number of methoxy groups -OCH3 is 1. The van der Waals surface area contributed by atoms with Gasteiger partial charge in [0.1, 0.15) is 29.3 Å². The fourth-order valence-electron chi connectivity index (χ4n) is 4.89. The van der Waals surface area contributed by atoms with E-state index in [2.05, 4.69) is 20.7 Å². The fourth-order valence-corrected chi connectivity index (χ4v) is 4.89. The quantitative estimate of drug-likeness (QED) is 0.253. The number of carbonyl (C=O) groups excluding carboxylic acids is 3. The third-order valence-electron chi connectivity index (χ3n) is 6.82. The molecule has 4 aromatic rings. The van der Waals surface area contributed by atoms with Gasteiger partial charge in [-0.15, -0.1) is 0 Å². The molecule has 0 unspecified atom stereocenters. The predicted molar refractivity (Wildman–Crippen MR) is 153 cm³/mol. The molecule has 2 aromatic carbocycles. The van der Waals surface area contributed by atoms with Crippen molar-refractivity contribution in [2.24, 2.45) is 5.73 Å². The monoisotopic (exact) mass is 557 g/mol. The van der Waals surface area contributed by atoms with Gasteiger partial charge in [0, 0.05) is 30.3 Å². The number of hydrogen-bond donors (Lipinski definition) is 3. The van der Waals surface area contributed by atoms with Crippen molar-refractivity contribution in [1.29, 1.82) is 0 Å². The van der Waals surface area contributed by atoms with Gasteiger partial charge in [0.05, 0.1) is 24.4 Å². The minimum absolute atomic E-state index is 0.239. The van der Waals surface area contributed by atoms with Gasteiger partial charge in [0.25, 0.3) is 5.91 Å². The predicted octanol–water partition coefficient (Wildman–Crippen LogP) is 3.07. The number of hydrogen-bond acceptors (Lipinski definition) is 7. The van der Waals surface area contributed by atoms with Crippen LogP contribution >= 0.6 is 0 Å². The van der Waals surface area contributed by atoms with Crippen molar-refractivity contribution >= 4 is 40.8 Å². The fraction of sp³-hybridized carbons (Fsp3) is 0.276. The number of anilines is 1. The molecule has 41 heavy (non-hydrogen) atoms. The molecular weight excluding hydrogens is 526 g/mol. The van der Waals surface area contributed by atoms with Crippen LogP contribution in [0.3, 0.4) is 0 Å². The minimum Gasteiger partial charge on any atom is -0.496 e. The molecule has 0 spiro atoms. The maximum absolute atomic E-state index is 13.3. The van der Waals surface area contributed by atoms with Crippen LogP contribution in [0.25, 0.3) is 17.1 Å². The van der Waals surface area contributed by atoms with Crippen LogP contribution in [0.15, 0.2) is 48.5 Å². The van der Waals surface area contributed by atoms with Crippen LogP contribution in [0.4, 0.5) is 5.95 Å². The summed E-state index contributed by atoms with van der Waals surface area (Å²) >= 11 is 0. The summed E-state index contributed by atoms with van der Waals surface area (Å²) in [6.07, 6.45) is 3.64. The first-order valence-corrected chi connectivity index (χ1v) is 13.2. The number of primary amides is 1. The number of benzene rings is 2. The molecule has 0 aliphatic carbocycles. The van der Waals surface area contributed by atoms with Crippen LogP contribution in [0, 0.1) is 6.92 Å². The van der Waals surface area contributed by atoms with Crippen molar-refractivity contribution in [2.45, 2.75) is 32.9 Å². The standard InChI is InChI=1S/C29H31N7O5/c1-4-35-22(13-17(2)34-35)28(39)33-29-32-21-14-19(27(30)38)15-24-26(21)36(29)20(16-41-24)11-12-31-25(37)10-9-18-7-5-6-8-23(18)40-3/h5-10,13-15,20H,4,11-12,16H2,1-3H3,(H2,30,38)(H,31,37)(H,32,33,39)/b10-9+/t20-/m0/s1. The Balaban J connectivity index is 1.38. The molecule has 2 aromatic heterocycles. The zero-order valence-electron chi connectivity index (χ0n) is 23.0. The second-order valence-electron chi connectivity index (χ2n) is 9.57. The molecule has 5 rings (SSSR count). The first-order valence-electron chi connectivity index (χ1n) is 13.2. The van der Waals surface area contributed by atoms with Crippen LogP contribution in [0.1, 0.15) is 51.5 Å². The highest BCUT2D eigenvalue weighted by Crippen LogP contribution is 2.38. The van der Waals surface area contributed by atoms with E-state index in [1.165, 1.54) is 6.08 Å². The van der Waals surface area contributed by atoms with Crippen molar-refractivity contribution in [1.82, 2.24) is 24.6 Å². The van der Waals surface area contributed by atoms with Gasteiger partial charge in [-0.3, -0.25) is 24.4 Å². The average Bonchev–Trinajstić information content (AvgIpc) is 3.53. The summed E-state index contributed by atoms with van der Waals surface area (Å²) in [7, 11) is 1.58. The molecule has 0 fully saturated rings. The van der Waals surface area contributed by atoms with Gasteiger partial charge in [0.2, 0.25) is 17.8 Å². The Kier molecular flexibility index (Phi) is 7.72. The van der Waals surface area contributed by atoms with E-state index >= 15 is 0 Å². The number of aryl methyl sites for hydroxylation is 2. The van der Waals surface area contributed by atoms with Crippen molar-refractivity contribution < 1.29 is 23.9 Å². The van der Waals surface area contributed by atoms with E-state index in [4.69, 9.17) is 15.2 Å². The minimum atomic E-state index is -0.611. The Labute approximate surface area is 236 Å². The van der Waals surface area contributed by atoms with Gasteiger partial charge < -0.3 is 25.1 Å². The number of para-hydroxylation sites is 1. The maximum atomic E-state index is 13.3. The summed E-state index contributed by atoms with van der Waals surface area (Å²) in [6, 6.07) is 12.0. The van der Waals surface area contributed by atoms with Gasteiger partial charge >= 0.3 is 0 Å². The Morgan fingerprint density at radius 2 is 2.02 bits per heavy atom. The molecule has 0 bridgehead atoms. The van der Waals surface area contributed by atoms with Crippen molar-refractivity contribution in [2.75, 3.05) is 25.6 Å². The van der Waals surface area contributed by atoms with Crippen LogP contribution in [-0.4, -0.2) is 57.3 Å². The van der Waals surface area contributed by atoms with Crippen LogP contribution in [0.5, 0.6) is 11.5 Å². The number of nitrogens with two attached hydrogens (primary N) is 1. The lowest BCUT2D eigenvalue weighted by atomic mass is 10.1. The first kappa shape index (κ1) is 27.4. The number of nitrogens with zero attached hydrogens (tertiary/aromatic N) is 4. The number of rotatable bonds is 10. The summed E-state index contributed by atoms with van der Waals surface area (Å²) in [5.74, 6) is 0.177. The summed E-state index contributed by atoms with van der Waals surface area (Å²) in [6.45, 7) is 4.83. The van der Waals surface area contributed by atoms with Gasteiger partial charge in [0.15, 0.2) is 0 Å². The second-order valence-corrected chi connectivity index (χ2v) is 9.57. The van der Waals surface area contributed by atoms with E-state index in [-0.39, 0.29) is 30.0 Å². The number of ether oxygens (including phenoxy) is 2. The molecule has 212 valence electrons. The maximum Gasteiger partial charge on any atom is 0.276 e. The van der Waals surface area contributed by atoms with E-state index in [1.807, 2.05) is 42.7 Å². The highest BCUT2D eigenvalue weighted by Gasteiger charge is 2.29. The van der Waals surface area contributed by atoms with Gasteiger partial charge in [-0.2, -0.15) is 5.10 Å². The molecule has 4 N–H and O–H groups in total. The third-order valence-corrected chi connectivity index (χ3v) is 6.82. The first-order chi connectivity index (χ1) is 19.8. The molecular formula is C29H31N7O5. The number of imidazole rings is 1. The average molecular weight is 558 g/mol. The van der Waals surface area contributed by atoms with Gasteiger partial charge in [-0.1, -0.05) is 18.2 Å². The lowest BCUT2D eigenvalue weighted by Crippen LogP contribution is -2.30. The molecule has 0 saturated carbocycles. The summed E-state index contributed by atoms with van der Waals surface area (Å²) < 4.78 is 14.8. The van der Waals surface area contributed by atoms with E-state index in [0.717, 1.165) is 11.3 Å². The SMILES string of the molecule is CCn1nc(C)cc1C(=O)Nc1nc2cc(C(N)=O)cc3c2n1[C@@H](CCNC(=O)/C=C/c1ccccc1OC)CO3. The van der Waals surface area contributed by atoms with Crippen molar-refractivity contribution in [3.05, 3.63) is 71.1 Å². The van der Waals surface area contributed by atoms with Gasteiger partial charge in [-0.05, 0) is 50.6 Å². The number of carbonyl (C=O) groups is 3. The van der Waals surface area contributed by atoms with E-state index in [1.54, 1.807) is 36.1 Å². The molecule has 0 saturated heterocycles. The molecule has 12 nitrogen and oxygen atoms in total. The molecule has 1 aliphatic rings. The molecule has 3 amide bonds. The molecule has 1 aliphatic heterocycles. The smallest absolute Gasteiger partial charge is 0.276 e. The van der Waals surface area contributed by atoms with E-state index in [9.17, 15) is 14.4 Å². The number of nitrogens with one attached hydrogen (secondary N) is 2. The normalized spacial score (nSPS) is 14.2. The highest BCUT2D eigenvalue weighted by molar-refractivity contribution is 6.04. The largest absolute Gasteiger partial charge is 0.496 e. The van der Waals surface area contributed by atoms with Crippen LogP contribution in [0.2, 0.25) is 0 Å². The van der Waals surface area contributed by atoms with Crippen LogP contribution < -0.4 is 25.8 Å². The summed E-state index contributed by atoms with van der Waals surface area (Å²) in [4.78, 5) is 42.3. The highest BCUT2D eigenvalue weighted by atomic mass is 16.5. The van der Waals surface area contributed by atoms with E-state index < -0.39 is 5.91 Å². The van der Waals surface area contributed by atoms with Gasteiger partial charge in [-0.25, -0.2) is 4.98 Å². The Hall–Kier alpha value is -5.13. The van der Waals surface area contributed by atoms with Crippen LogP contribution in [-0.2, 0) is 11.3 Å². The lowest BCUT2D eigenvalue weighted by Gasteiger charge is -2.27. The Morgan fingerprint density at radius 1 is 1.22 bits per heavy atom. The lowest BCUT2D eigenvalue weighted by molar-refractivity contribution is -0.116. The molecule has 3 heterocycles. The zero-order chi connectivity index (χ0) is 29.1. The molecule has 1 atom stereocenters. The Morgan fingerprint density at radius 3 is 2.78 bits per heavy atom. The number of aromatic nitrogens is 4. The zero-order valence-corrected chi connectivity index (χ0v) is 23.0. The number of amides is 3. The van der Waals surface area contributed by atoms with Crippen molar-refractivity contribution in [3.8, 4) is 11.5 Å². The Bertz CT molecular complexity index is 1670. The topological polar surface area (TPSA) is 155 Å². The molecule has 0 radical (unpaired) electrons. The van der Waals surface area contributed by atoms with E-state index in [0.29, 0.717) is 53.7 Å².